The number of rotatable bonds is 7. The van der Waals surface area contributed by atoms with Crippen LogP contribution in [0.25, 0.3) is 0 Å². The van der Waals surface area contributed by atoms with E-state index in [-0.39, 0.29) is 13.0 Å². The van der Waals surface area contributed by atoms with Gasteiger partial charge in [-0.1, -0.05) is 0 Å². The predicted octanol–water partition coefficient (Wildman–Crippen LogP) is 0.0502. The molecule has 0 spiro atoms. The lowest BCUT2D eigenvalue weighted by Gasteiger charge is -2.10. The maximum absolute atomic E-state index is 13.0. The van der Waals surface area contributed by atoms with Crippen molar-refractivity contribution in [1.82, 2.24) is 4.72 Å². The number of esters is 1. The summed E-state index contributed by atoms with van der Waals surface area (Å²) in [4.78, 5) is 21.5. The normalized spacial score (nSPS) is 12.7. The van der Waals surface area contributed by atoms with Crippen molar-refractivity contribution in [2.45, 2.75) is 24.3 Å². The zero-order valence-corrected chi connectivity index (χ0v) is 12.3. The third-order valence-electron chi connectivity index (χ3n) is 2.53. The Balaban J connectivity index is 2.58. The van der Waals surface area contributed by atoms with Crippen LogP contribution < -0.4 is 10.5 Å². The second-order valence-corrected chi connectivity index (χ2v) is 6.03. The van der Waals surface area contributed by atoms with Gasteiger partial charge in [-0.15, -0.1) is 0 Å². The monoisotopic (exact) mass is 336 g/mol. The lowest BCUT2D eigenvalue weighted by atomic mass is 10.3. The molecular weight excluding hydrogens is 322 g/mol. The Kier molecular flexibility index (Phi) is 5.94. The predicted molar refractivity (Wildman–Crippen MR) is 70.9 cm³/mol. The van der Waals surface area contributed by atoms with Gasteiger partial charge >= 0.3 is 5.97 Å². The summed E-state index contributed by atoms with van der Waals surface area (Å²) in [5.74, 6) is -4.16. The maximum atomic E-state index is 13.0. The van der Waals surface area contributed by atoms with Crippen molar-refractivity contribution < 1.29 is 31.5 Å². The molecule has 0 aliphatic heterocycles. The van der Waals surface area contributed by atoms with Crippen LogP contribution >= 0.6 is 0 Å². The van der Waals surface area contributed by atoms with Gasteiger partial charge in [0.25, 0.3) is 5.91 Å². The van der Waals surface area contributed by atoms with Crippen molar-refractivity contribution in [2.24, 2.45) is 5.73 Å². The minimum absolute atomic E-state index is 0.342. The largest absolute Gasteiger partial charge is 0.453 e. The van der Waals surface area contributed by atoms with Gasteiger partial charge in [-0.25, -0.2) is 21.9 Å². The first-order valence-corrected chi connectivity index (χ1v) is 7.55. The van der Waals surface area contributed by atoms with Crippen LogP contribution in [0.5, 0.6) is 0 Å². The van der Waals surface area contributed by atoms with Gasteiger partial charge in [-0.05, 0) is 25.1 Å². The van der Waals surface area contributed by atoms with Crippen molar-refractivity contribution >= 4 is 21.9 Å². The number of ether oxygens (including phenoxy) is 1. The van der Waals surface area contributed by atoms with Crippen molar-refractivity contribution in [3.8, 4) is 0 Å². The van der Waals surface area contributed by atoms with Gasteiger partial charge < -0.3 is 10.5 Å². The summed E-state index contributed by atoms with van der Waals surface area (Å²) in [6.45, 7) is 0.928. The number of carbonyl (C=O) groups excluding carboxylic acids is 2. The van der Waals surface area contributed by atoms with E-state index in [9.17, 15) is 26.8 Å². The van der Waals surface area contributed by atoms with E-state index in [4.69, 9.17) is 5.73 Å². The second-order valence-electron chi connectivity index (χ2n) is 4.26. The molecule has 1 rings (SSSR count). The number of nitrogens with two attached hydrogens (primary N) is 1. The van der Waals surface area contributed by atoms with Gasteiger partial charge in [0.2, 0.25) is 10.0 Å². The molecule has 0 aliphatic rings. The lowest BCUT2D eigenvalue weighted by molar-refractivity contribution is -0.153. The second kappa shape index (κ2) is 7.27. The average molecular weight is 336 g/mol. The Morgan fingerprint density at radius 3 is 2.50 bits per heavy atom. The van der Waals surface area contributed by atoms with Gasteiger partial charge in [0.15, 0.2) is 17.7 Å². The highest BCUT2D eigenvalue weighted by atomic mass is 32.2. The fourth-order valence-corrected chi connectivity index (χ4v) is 2.37. The molecule has 0 aromatic heterocycles. The van der Waals surface area contributed by atoms with Crippen molar-refractivity contribution in [3.63, 3.8) is 0 Å². The van der Waals surface area contributed by atoms with Crippen LogP contribution in [-0.4, -0.2) is 32.9 Å². The van der Waals surface area contributed by atoms with Crippen LogP contribution in [-0.2, 0) is 24.3 Å². The first kappa shape index (κ1) is 18.0. The Morgan fingerprint density at radius 1 is 1.32 bits per heavy atom. The van der Waals surface area contributed by atoms with Gasteiger partial charge in [-0.3, -0.25) is 9.59 Å². The van der Waals surface area contributed by atoms with Crippen LogP contribution in [0.4, 0.5) is 8.78 Å². The van der Waals surface area contributed by atoms with Gasteiger partial charge in [0.1, 0.15) is 0 Å². The number of halogens is 2. The summed E-state index contributed by atoms with van der Waals surface area (Å²) >= 11 is 0. The maximum Gasteiger partial charge on any atom is 0.307 e. The molecule has 0 aliphatic carbocycles. The van der Waals surface area contributed by atoms with E-state index in [2.05, 4.69) is 4.74 Å². The van der Waals surface area contributed by atoms with E-state index in [0.717, 1.165) is 6.07 Å². The SMILES string of the molecule is C[C@H](OC(=O)CCNS(=O)(=O)c1ccc(F)c(F)c1)C(N)=O. The summed E-state index contributed by atoms with van der Waals surface area (Å²) in [6, 6.07) is 2.08. The smallest absolute Gasteiger partial charge is 0.307 e. The number of nitrogens with one attached hydrogen (secondary N) is 1. The van der Waals surface area contributed by atoms with E-state index in [1.54, 1.807) is 0 Å². The molecular formula is C12H14F2N2O5S. The summed E-state index contributed by atoms with van der Waals surface area (Å²) in [5, 5.41) is 0. The fourth-order valence-electron chi connectivity index (χ4n) is 1.33. The highest BCUT2D eigenvalue weighted by Crippen LogP contribution is 2.13. The first-order valence-electron chi connectivity index (χ1n) is 6.07. The number of carbonyl (C=O) groups is 2. The molecule has 0 fully saturated rings. The molecule has 0 radical (unpaired) electrons. The molecule has 0 bridgehead atoms. The average Bonchev–Trinajstić information content (AvgIpc) is 2.41. The first-order chi connectivity index (χ1) is 10.1. The summed E-state index contributed by atoms with van der Waals surface area (Å²) in [5.41, 5.74) is 4.89. The number of primary amides is 1. The minimum atomic E-state index is -4.10. The minimum Gasteiger partial charge on any atom is -0.453 e. The number of sulfonamides is 1. The van der Waals surface area contributed by atoms with E-state index >= 15 is 0 Å². The molecule has 0 saturated heterocycles. The summed E-state index contributed by atoms with van der Waals surface area (Å²) < 4.78 is 55.9. The molecule has 7 nitrogen and oxygen atoms in total. The van der Waals surface area contributed by atoms with Gasteiger partial charge in [0.05, 0.1) is 11.3 Å². The zero-order chi connectivity index (χ0) is 16.9. The van der Waals surface area contributed by atoms with Gasteiger partial charge in [0, 0.05) is 6.54 Å². The highest BCUT2D eigenvalue weighted by Gasteiger charge is 2.18. The molecule has 122 valence electrons. The van der Waals surface area contributed by atoms with Gasteiger partial charge in [-0.2, -0.15) is 0 Å². The van der Waals surface area contributed by atoms with E-state index < -0.39 is 44.5 Å². The molecule has 1 aromatic carbocycles. The topological polar surface area (TPSA) is 116 Å². The Labute approximate surface area is 125 Å². The zero-order valence-electron chi connectivity index (χ0n) is 11.5. The van der Waals surface area contributed by atoms with E-state index in [1.807, 2.05) is 4.72 Å². The number of amides is 1. The molecule has 0 heterocycles. The Hall–Kier alpha value is -2.07. The third-order valence-corrected chi connectivity index (χ3v) is 3.99. The molecule has 1 aromatic rings. The van der Waals surface area contributed by atoms with Crippen molar-refractivity contribution in [1.29, 1.82) is 0 Å². The van der Waals surface area contributed by atoms with Crippen LogP contribution in [0.2, 0.25) is 0 Å². The highest BCUT2D eigenvalue weighted by molar-refractivity contribution is 7.89. The molecule has 1 amide bonds. The van der Waals surface area contributed by atoms with Crippen molar-refractivity contribution in [3.05, 3.63) is 29.8 Å². The third kappa shape index (κ3) is 5.04. The van der Waals surface area contributed by atoms with E-state index in [1.165, 1.54) is 6.92 Å². The molecule has 1 atom stereocenters. The standard InChI is InChI=1S/C12H14F2N2O5S/c1-7(12(15)18)21-11(17)4-5-16-22(19,20)8-2-3-9(13)10(14)6-8/h2-3,6-7,16H,4-5H2,1H3,(H2,15,18)/t7-/m0/s1. The van der Waals surface area contributed by atoms with Crippen LogP contribution in [0.1, 0.15) is 13.3 Å². The lowest BCUT2D eigenvalue weighted by Crippen LogP contribution is -2.32. The fraction of sp³-hybridized carbons (Fsp3) is 0.333. The Morgan fingerprint density at radius 2 is 1.95 bits per heavy atom. The molecule has 0 saturated carbocycles. The molecule has 3 N–H and O–H groups in total. The molecule has 0 unspecified atom stereocenters. The number of hydrogen-bond acceptors (Lipinski definition) is 5. The number of hydrogen-bond donors (Lipinski definition) is 2. The Bertz CT molecular complexity index is 678. The molecule has 10 heteroatoms. The van der Waals surface area contributed by atoms with E-state index in [0.29, 0.717) is 12.1 Å². The molecule has 22 heavy (non-hydrogen) atoms. The van der Waals surface area contributed by atoms with Crippen LogP contribution in [0, 0.1) is 11.6 Å². The van der Waals surface area contributed by atoms with Crippen LogP contribution in [0.3, 0.4) is 0 Å². The summed E-state index contributed by atoms with van der Waals surface area (Å²) in [6.07, 6.45) is -1.49. The van der Waals surface area contributed by atoms with Crippen molar-refractivity contribution in [2.75, 3.05) is 6.54 Å². The summed E-state index contributed by atoms with van der Waals surface area (Å²) in [7, 11) is -4.10. The number of benzene rings is 1. The van der Waals surface area contributed by atoms with Crippen LogP contribution in [0.15, 0.2) is 23.1 Å². The quantitative estimate of drug-likeness (QED) is 0.683.